The number of nitrogens with one attached hydrogen (secondary N) is 3. The monoisotopic (exact) mass is 409 g/mol. The van der Waals surface area contributed by atoms with Crippen LogP contribution in [-0.4, -0.2) is 25.4 Å². The third-order valence-electron chi connectivity index (χ3n) is 4.09. The molecule has 3 rings (SSSR count). The molecule has 2 heterocycles. The van der Waals surface area contributed by atoms with E-state index in [1.807, 2.05) is 0 Å². The number of anilines is 1. The highest BCUT2D eigenvalue weighted by Gasteiger charge is 2.23. The van der Waals surface area contributed by atoms with Crippen molar-refractivity contribution in [3.05, 3.63) is 70.6 Å². The van der Waals surface area contributed by atoms with E-state index in [-0.39, 0.29) is 22.4 Å². The van der Waals surface area contributed by atoms with Gasteiger partial charge in [0, 0.05) is 11.9 Å². The topological polar surface area (TPSA) is 94.5 Å². The van der Waals surface area contributed by atoms with Crippen LogP contribution >= 0.6 is 0 Å². The average Bonchev–Trinajstić information content (AvgIpc) is 3.00. The number of aromatic nitrogens is 3. The molecule has 10 heteroatoms. The Morgan fingerprint density at radius 2 is 1.75 bits per heavy atom. The van der Waals surface area contributed by atoms with Gasteiger partial charge in [-0.2, -0.15) is 0 Å². The summed E-state index contributed by atoms with van der Waals surface area (Å²) < 4.78 is 60.6. The third-order valence-corrected chi connectivity index (χ3v) is 5.23. The fraction of sp³-hybridized carbons (Fsp3) is 0.222. The molecule has 0 aliphatic carbocycles. The number of aryl methyl sites for hydroxylation is 2. The molecular formula is C18H18F3N5OS. The largest absolute Gasteiger partial charge is 0.356 e. The zero-order chi connectivity index (χ0) is 20.6. The van der Waals surface area contributed by atoms with Gasteiger partial charge in [-0.25, -0.2) is 32.1 Å². The van der Waals surface area contributed by atoms with E-state index in [1.165, 1.54) is 31.4 Å². The zero-order valence-electron chi connectivity index (χ0n) is 15.3. The molecule has 0 spiro atoms. The van der Waals surface area contributed by atoms with E-state index in [1.54, 1.807) is 6.92 Å². The lowest BCUT2D eigenvalue weighted by atomic mass is 10.1. The van der Waals surface area contributed by atoms with Crippen molar-refractivity contribution in [2.75, 3.05) is 11.6 Å². The molecule has 28 heavy (non-hydrogen) atoms. The zero-order valence-corrected chi connectivity index (χ0v) is 16.1. The van der Waals surface area contributed by atoms with Crippen LogP contribution in [0.25, 0.3) is 0 Å². The first-order valence-electron chi connectivity index (χ1n) is 8.21. The highest BCUT2D eigenvalue weighted by atomic mass is 32.2. The fourth-order valence-electron chi connectivity index (χ4n) is 2.76. The van der Waals surface area contributed by atoms with E-state index in [0.717, 1.165) is 12.1 Å². The molecule has 2 aromatic heterocycles. The lowest BCUT2D eigenvalue weighted by molar-refractivity contribution is 0.506. The molecule has 0 saturated carbocycles. The number of rotatable bonds is 5. The van der Waals surface area contributed by atoms with Crippen molar-refractivity contribution in [1.29, 1.82) is 4.78 Å². The Bertz CT molecular complexity index is 1140. The molecule has 0 fully saturated rings. The van der Waals surface area contributed by atoms with Crippen LogP contribution in [0.5, 0.6) is 0 Å². The van der Waals surface area contributed by atoms with Gasteiger partial charge in [0.1, 0.15) is 23.5 Å². The van der Waals surface area contributed by atoms with Crippen molar-refractivity contribution >= 4 is 15.5 Å². The van der Waals surface area contributed by atoms with Crippen molar-refractivity contribution in [3.63, 3.8) is 0 Å². The van der Waals surface area contributed by atoms with Gasteiger partial charge in [-0.3, -0.25) is 0 Å². The molecule has 0 aliphatic rings. The van der Waals surface area contributed by atoms with Crippen LogP contribution in [0.1, 0.15) is 28.8 Å². The van der Waals surface area contributed by atoms with Crippen LogP contribution in [0.4, 0.5) is 19.0 Å². The molecule has 6 nitrogen and oxygen atoms in total. The number of halogens is 3. The molecule has 0 unspecified atom stereocenters. The summed E-state index contributed by atoms with van der Waals surface area (Å²) in [5.74, 6) is -2.00. The predicted octanol–water partition coefficient (Wildman–Crippen LogP) is 4.08. The van der Waals surface area contributed by atoms with Crippen LogP contribution in [-0.2, 0) is 9.73 Å². The van der Waals surface area contributed by atoms with Crippen molar-refractivity contribution in [1.82, 2.24) is 15.0 Å². The van der Waals surface area contributed by atoms with E-state index in [0.29, 0.717) is 11.3 Å². The molecule has 148 valence electrons. The standard InChI is InChI=1S/C18H18F3N5OS/c1-9-12(19)6-7-15(23-9)25-16(11-4-5-13(20)14(21)8-11)17-24-10(2)18(26-17)28(3,22)27/h4-8,16,22H,1-3H3,(H,23,25)(H,24,26)/t16-,28+/m0/s1. The minimum absolute atomic E-state index is 0.0696. The van der Waals surface area contributed by atoms with E-state index in [4.69, 9.17) is 4.78 Å². The number of H-pyrrole nitrogens is 1. The molecule has 0 bridgehead atoms. The minimum atomic E-state index is -3.10. The number of imidazole rings is 1. The van der Waals surface area contributed by atoms with Gasteiger partial charge in [-0.15, -0.1) is 0 Å². The van der Waals surface area contributed by atoms with Gasteiger partial charge in [0.15, 0.2) is 16.7 Å². The second-order valence-corrected chi connectivity index (χ2v) is 8.48. The molecule has 3 aromatic rings. The van der Waals surface area contributed by atoms with Crippen molar-refractivity contribution in [2.24, 2.45) is 0 Å². The Morgan fingerprint density at radius 3 is 2.32 bits per heavy atom. The normalized spacial score (nSPS) is 14.5. The molecule has 3 N–H and O–H groups in total. The molecule has 0 saturated heterocycles. The second kappa shape index (κ2) is 7.27. The second-order valence-electron chi connectivity index (χ2n) is 6.41. The first kappa shape index (κ1) is 19.9. The first-order valence-corrected chi connectivity index (χ1v) is 10.2. The maximum absolute atomic E-state index is 13.8. The number of aromatic amines is 1. The Balaban J connectivity index is 2.11. The van der Waals surface area contributed by atoms with Crippen LogP contribution in [0.3, 0.4) is 0 Å². The van der Waals surface area contributed by atoms with E-state index in [9.17, 15) is 17.4 Å². The van der Waals surface area contributed by atoms with Crippen LogP contribution < -0.4 is 5.32 Å². The van der Waals surface area contributed by atoms with Gasteiger partial charge < -0.3 is 10.3 Å². The molecule has 1 aromatic carbocycles. The summed E-state index contributed by atoms with van der Waals surface area (Å²) in [7, 11) is -3.10. The van der Waals surface area contributed by atoms with Crippen LogP contribution in [0.2, 0.25) is 0 Å². The highest BCUT2D eigenvalue weighted by molar-refractivity contribution is 7.91. The average molecular weight is 409 g/mol. The number of nitrogens with zero attached hydrogens (tertiary/aromatic N) is 2. The molecule has 0 aliphatic heterocycles. The fourth-order valence-corrected chi connectivity index (χ4v) is 3.66. The van der Waals surface area contributed by atoms with Crippen molar-refractivity contribution in [2.45, 2.75) is 24.9 Å². The highest BCUT2D eigenvalue weighted by Crippen LogP contribution is 2.28. The van der Waals surface area contributed by atoms with E-state index in [2.05, 4.69) is 20.3 Å². The molecule has 0 amide bonds. The van der Waals surface area contributed by atoms with E-state index >= 15 is 0 Å². The summed E-state index contributed by atoms with van der Waals surface area (Å²) in [6, 6.07) is 5.15. The SMILES string of the molecule is Cc1nc(N[C@@H](c2ccc(F)c(F)c2)c2nc([S@](C)(=N)=O)c(C)[nH]2)ccc1F. The lowest BCUT2D eigenvalue weighted by Gasteiger charge is -2.18. The Labute approximate surface area is 160 Å². The summed E-state index contributed by atoms with van der Waals surface area (Å²) in [5.41, 5.74) is 0.902. The summed E-state index contributed by atoms with van der Waals surface area (Å²) in [4.78, 5) is 11.3. The van der Waals surface area contributed by atoms with Crippen LogP contribution in [0, 0.1) is 36.1 Å². The minimum Gasteiger partial charge on any atom is -0.356 e. The van der Waals surface area contributed by atoms with E-state index < -0.39 is 33.2 Å². The summed E-state index contributed by atoms with van der Waals surface area (Å²) in [6.45, 7) is 3.11. The first-order chi connectivity index (χ1) is 13.1. The maximum atomic E-state index is 13.8. The number of hydrogen-bond donors (Lipinski definition) is 3. The van der Waals surface area contributed by atoms with Gasteiger partial charge >= 0.3 is 0 Å². The number of benzene rings is 1. The van der Waals surface area contributed by atoms with Crippen LogP contribution in [0.15, 0.2) is 35.4 Å². The van der Waals surface area contributed by atoms with Gasteiger partial charge in [0.05, 0.1) is 15.4 Å². The van der Waals surface area contributed by atoms with Crippen molar-refractivity contribution in [3.8, 4) is 0 Å². The lowest BCUT2D eigenvalue weighted by Crippen LogP contribution is -2.16. The predicted molar refractivity (Wildman–Crippen MR) is 99.1 cm³/mol. The number of pyridine rings is 1. The van der Waals surface area contributed by atoms with Gasteiger partial charge in [-0.05, 0) is 43.7 Å². The molecular weight excluding hydrogens is 391 g/mol. The maximum Gasteiger partial charge on any atom is 0.159 e. The summed E-state index contributed by atoms with van der Waals surface area (Å²) in [5, 5.41) is 3.07. The van der Waals surface area contributed by atoms with Crippen molar-refractivity contribution < 1.29 is 17.4 Å². The molecule has 2 atom stereocenters. The van der Waals surface area contributed by atoms with Gasteiger partial charge in [-0.1, -0.05) is 6.07 Å². The van der Waals surface area contributed by atoms with Gasteiger partial charge in [0.2, 0.25) is 0 Å². The number of hydrogen-bond acceptors (Lipinski definition) is 5. The quantitative estimate of drug-likeness (QED) is 0.592. The Kier molecular flexibility index (Phi) is 5.16. The Hall–Kier alpha value is -2.88. The smallest absolute Gasteiger partial charge is 0.159 e. The summed E-state index contributed by atoms with van der Waals surface area (Å²) >= 11 is 0. The Morgan fingerprint density at radius 1 is 1.07 bits per heavy atom. The van der Waals surface area contributed by atoms with Gasteiger partial charge in [0.25, 0.3) is 0 Å². The molecule has 0 radical (unpaired) electrons. The summed E-state index contributed by atoms with van der Waals surface area (Å²) in [6.07, 6.45) is 1.24. The third kappa shape index (κ3) is 4.01.